The third-order valence-electron chi connectivity index (χ3n) is 4.99. The van der Waals surface area contributed by atoms with Crippen LogP contribution in [0, 0.1) is 12.3 Å². The van der Waals surface area contributed by atoms with Crippen molar-refractivity contribution >= 4 is 32.7 Å². The summed E-state index contributed by atoms with van der Waals surface area (Å²) in [6.07, 6.45) is 0.915. The van der Waals surface area contributed by atoms with Gasteiger partial charge in [-0.2, -0.15) is 0 Å². The van der Waals surface area contributed by atoms with E-state index in [-0.39, 0.29) is 5.41 Å². The van der Waals surface area contributed by atoms with Gasteiger partial charge in [-0.1, -0.05) is 32.1 Å². The highest BCUT2D eigenvalue weighted by Crippen LogP contribution is 2.41. The second-order valence-electron chi connectivity index (χ2n) is 8.52. The zero-order chi connectivity index (χ0) is 22.3. The van der Waals surface area contributed by atoms with Gasteiger partial charge in [0.15, 0.2) is 0 Å². The van der Waals surface area contributed by atoms with Crippen molar-refractivity contribution in [3.63, 3.8) is 0 Å². The molecule has 0 fully saturated rings. The molecule has 0 aliphatic carbocycles. The Morgan fingerprint density at radius 3 is 2.52 bits per heavy atom. The maximum absolute atomic E-state index is 11.0. The Bertz CT molecular complexity index is 1260. The number of aliphatic hydroxyl groups excluding tert-OH is 1. The van der Waals surface area contributed by atoms with Crippen LogP contribution >= 0.6 is 11.3 Å². The molecular weight excluding hydrogens is 412 g/mol. The molecule has 1 unspecified atom stereocenters. The van der Waals surface area contributed by atoms with E-state index in [1.165, 1.54) is 11.3 Å². The van der Waals surface area contributed by atoms with Gasteiger partial charge in [-0.15, -0.1) is 0 Å². The molecular formula is C23H26N4O3S. The molecule has 1 aromatic carbocycles. The number of fused-ring (bicyclic) bond motifs is 2. The second-order valence-corrected chi connectivity index (χ2v) is 9.49. The summed E-state index contributed by atoms with van der Waals surface area (Å²) < 4.78 is 10.9. The lowest BCUT2D eigenvalue weighted by atomic mass is 9.85. The Morgan fingerprint density at radius 1 is 1.06 bits per heavy atom. The van der Waals surface area contributed by atoms with E-state index in [2.05, 4.69) is 15.0 Å². The monoisotopic (exact) mass is 438 g/mol. The number of methoxy groups -OCH3 is 1. The van der Waals surface area contributed by atoms with Gasteiger partial charge in [0.1, 0.15) is 15.4 Å². The Balaban J connectivity index is 1.94. The van der Waals surface area contributed by atoms with E-state index in [4.69, 9.17) is 14.5 Å². The molecule has 1 atom stereocenters. The minimum absolute atomic E-state index is 0.361. The van der Waals surface area contributed by atoms with Gasteiger partial charge in [0.05, 0.1) is 37.1 Å². The van der Waals surface area contributed by atoms with E-state index in [1.807, 2.05) is 46.8 Å². The highest BCUT2D eigenvalue weighted by Gasteiger charge is 2.28. The van der Waals surface area contributed by atoms with Crippen molar-refractivity contribution in [3.05, 3.63) is 35.5 Å². The van der Waals surface area contributed by atoms with Crippen LogP contribution in [0.2, 0.25) is 0 Å². The number of ether oxygens (including phenoxy) is 2. The molecule has 0 saturated carbocycles. The predicted molar refractivity (Wildman–Crippen MR) is 123 cm³/mol. The lowest BCUT2D eigenvalue weighted by Gasteiger charge is -2.26. The normalized spacial score (nSPS) is 13.0. The standard InChI is InChI=1S/C23H26N4O3S/c1-7-30-17-11-24-18-14(8-12(2)9-15(18)25-17)21-27-19-13(20(28)23(3,4)5)10-16(29-6)26-22(19)31-21/h8-11,20,28H,7H2,1-6H3. The Labute approximate surface area is 185 Å². The van der Waals surface area contributed by atoms with E-state index in [0.29, 0.717) is 34.3 Å². The van der Waals surface area contributed by atoms with Crippen LogP contribution in [0.1, 0.15) is 44.9 Å². The maximum Gasteiger partial charge on any atom is 0.232 e. The fourth-order valence-corrected chi connectivity index (χ4v) is 4.41. The van der Waals surface area contributed by atoms with E-state index in [9.17, 15) is 5.11 Å². The quantitative estimate of drug-likeness (QED) is 0.464. The van der Waals surface area contributed by atoms with Crippen LogP contribution in [0.15, 0.2) is 24.4 Å². The number of benzene rings is 1. The average Bonchev–Trinajstić information content (AvgIpc) is 3.15. The first-order chi connectivity index (χ1) is 14.7. The van der Waals surface area contributed by atoms with Crippen LogP contribution in [0.5, 0.6) is 11.8 Å². The summed E-state index contributed by atoms with van der Waals surface area (Å²) in [6, 6.07) is 5.80. The fourth-order valence-electron chi connectivity index (χ4n) is 3.43. The number of rotatable bonds is 5. The number of nitrogens with zero attached hydrogens (tertiary/aromatic N) is 4. The summed E-state index contributed by atoms with van der Waals surface area (Å²) in [5.74, 6) is 0.953. The first-order valence-electron chi connectivity index (χ1n) is 10.2. The molecule has 0 amide bonds. The van der Waals surface area contributed by atoms with Gasteiger partial charge < -0.3 is 14.6 Å². The van der Waals surface area contributed by atoms with Gasteiger partial charge in [-0.05, 0) is 37.0 Å². The summed E-state index contributed by atoms with van der Waals surface area (Å²) in [4.78, 5) is 19.4. The van der Waals surface area contributed by atoms with Crippen molar-refractivity contribution in [1.29, 1.82) is 0 Å². The lowest BCUT2D eigenvalue weighted by Crippen LogP contribution is -2.18. The SMILES string of the molecule is CCOc1cnc2c(-c3nc4c(C(O)C(C)(C)C)cc(OC)nc4s3)cc(C)cc2n1. The number of aryl methyl sites for hydroxylation is 1. The minimum Gasteiger partial charge on any atom is -0.481 e. The second kappa shape index (κ2) is 8.01. The third-order valence-corrected chi connectivity index (χ3v) is 5.97. The largest absolute Gasteiger partial charge is 0.481 e. The molecule has 4 rings (SSSR count). The van der Waals surface area contributed by atoms with E-state index in [0.717, 1.165) is 27.2 Å². The molecule has 31 heavy (non-hydrogen) atoms. The minimum atomic E-state index is -0.718. The average molecular weight is 439 g/mol. The first-order valence-corrected chi connectivity index (χ1v) is 11.0. The van der Waals surface area contributed by atoms with Gasteiger partial charge in [0.25, 0.3) is 0 Å². The molecule has 0 saturated heterocycles. The number of thiazole rings is 1. The smallest absolute Gasteiger partial charge is 0.232 e. The van der Waals surface area contributed by atoms with Gasteiger partial charge in [-0.3, -0.25) is 0 Å². The van der Waals surface area contributed by atoms with Crippen LogP contribution < -0.4 is 9.47 Å². The van der Waals surface area contributed by atoms with Gasteiger partial charge >= 0.3 is 0 Å². The maximum atomic E-state index is 11.0. The summed E-state index contributed by atoms with van der Waals surface area (Å²) in [5, 5.41) is 11.8. The fraction of sp³-hybridized carbons (Fsp3) is 0.391. The highest BCUT2D eigenvalue weighted by atomic mass is 32.1. The number of aliphatic hydroxyl groups is 1. The molecule has 0 bridgehead atoms. The number of aromatic nitrogens is 4. The number of pyridine rings is 1. The molecule has 162 valence electrons. The molecule has 3 heterocycles. The molecule has 7 nitrogen and oxygen atoms in total. The van der Waals surface area contributed by atoms with Gasteiger partial charge in [0.2, 0.25) is 11.8 Å². The Hall–Kier alpha value is -2.84. The van der Waals surface area contributed by atoms with Crippen molar-refractivity contribution in [3.8, 4) is 22.3 Å². The van der Waals surface area contributed by atoms with E-state index < -0.39 is 6.10 Å². The van der Waals surface area contributed by atoms with E-state index >= 15 is 0 Å². The highest BCUT2D eigenvalue weighted by molar-refractivity contribution is 7.21. The van der Waals surface area contributed by atoms with Crippen LogP contribution in [-0.2, 0) is 0 Å². The van der Waals surface area contributed by atoms with Crippen LogP contribution in [-0.4, -0.2) is 38.8 Å². The van der Waals surface area contributed by atoms with Gasteiger partial charge in [-0.25, -0.2) is 19.9 Å². The Kier molecular flexibility index (Phi) is 5.53. The topological polar surface area (TPSA) is 90.3 Å². The molecule has 1 N–H and O–H groups in total. The van der Waals surface area contributed by atoms with Crippen LogP contribution in [0.25, 0.3) is 32.0 Å². The summed E-state index contributed by atoms with van der Waals surface area (Å²) >= 11 is 1.45. The molecule has 4 aromatic rings. The van der Waals surface area contributed by atoms with Crippen molar-refractivity contribution in [2.24, 2.45) is 5.41 Å². The van der Waals surface area contributed by atoms with Crippen molar-refractivity contribution in [2.45, 2.75) is 40.7 Å². The molecule has 3 aromatic heterocycles. The predicted octanol–water partition coefficient (Wildman–Crippen LogP) is 5.10. The van der Waals surface area contributed by atoms with Crippen molar-refractivity contribution in [1.82, 2.24) is 19.9 Å². The third kappa shape index (κ3) is 4.05. The van der Waals surface area contributed by atoms with Crippen LogP contribution in [0.4, 0.5) is 0 Å². The molecule has 0 aliphatic heterocycles. The zero-order valence-electron chi connectivity index (χ0n) is 18.6. The molecule has 0 radical (unpaired) electrons. The molecule has 0 aliphatic rings. The lowest BCUT2D eigenvalue weighted by molar-refractivity contribution is 0.0635. The zero-order valence-corrected chi connectivity index (χ0v) is 19.4. The van der Waals surface area contributed by atoms with E-state index in [1.54, 1.807) is 19.4 Å². The van der Waals surface area contributed by atoms with Crippen LogP contribution in [0.3, 0.4) is 0 Å². The Morgan fingerprint density at radius 2 is 1.84 bits per heavy atom. The van der Waals surface area contributed by atoms with Crippen molar-refractivity contribution in [2.75, 3.05) is 13.7 Å². The molecule has 0 spiro atoms. The first kappa shape index (κ1) is 21.4. The summed E-state index contributed by atoms with van der Waals surface area (Å²) in [6.45, 7) is 10.4. The summed E-state index contributed by atoms with van der Waals surface area (Å²) in [5.41, 5.74) is 4.45. The molecule has 8 heteroatoms. The van der Waals surface area contributed by atoms with Crippen molar-refractivity contribution < 1.29 is 14.6 Å². The number of hydrogen-bond donors (Lipinski definition) is 1. The number of hydrogen-bond acceptors (Lipinski definition) is 8. The summed E-state index contributed by atoms with van der Waals surface area (Å²) in [7, 11) is 1.57. The van der Waals surface area contributed by atoms with Gasteiger partial charge in [0, 0.05) is 17.2 Å².